The van der Waals surface area contributed by atoms with Gasteiger partial charge < -0.3 is 10.2 Å². The third-order valence-electron chi connectivity index (χ3n) is 2.36. The van der Waals surface area contributed by atoms with Gasteiger partial charge in [-0.2, -0.15) is 9.98 Å². The maximum Gasteiger partial charge on any atom is 0.321 e. The molecule has 108 valence electrons. The minimum absolute atomic E-state index is 0.0730. The lowest BCUT2D eigenvalue weighted by atomic mass is 10.2. The second kappa shape index (κ2) is 6.67. The second-order valence-corrected chi connectivity index (χ2v) is 5.87. The number of aliphatic hydroxyl groups is 1. The minimum Gasteiger partial charge on any atom is -0.480 e. The molecule has 0 spiro atoms. The Balaban J connectivity index is 3.17. The third kappa shape index (κ3) is 3.91. The summed E-state index contributed by atoms with van der Waals surface area (Å²) >= 11 is 5.75. The summed E-state index contributed by atoms with van der Waals surface area (Å²) in [6, 6.07) is 3.89. The van der Waals surface area contributed by atoms with E-state index in [9.17, 15) is 13.2 Å². The van der Waals surface area contributed by atoms with Crippen LogP contribution >= 0.6 is 11.6 Å². The van der Waals surface area contributed by atoms with Gasteiger partial charge >= 0.3 is 5.97 Å². The lowest BCUT2D eigenvalue weighted by Gasteiger charge is -2.14. The fraction of sp³-hybridized carbons (Fsp3) is 0.273. The molecule has 0 aliphatic heterocycles. The van der Waals surface area contributed by atoms with Crippen molar-refractivity contribution < 1.29 is 23.4 Å². The van der Waals surface area contributed by atoms with E-state index in [-0.39, 0.29) is 21.9 Å². The van der Waals surface area contributed by atoms with E-state index in [1.807, 2.05) is 4.72 Å². The van der Waals surface area contributed by atoms with Crippen molar-refractivity contribution in [2.24, 2.45) is 0 Å². The molecule has 0 fully saturated rings. The number of halogens is 1. The Labute approximate surface area is 120 Å². The molecule has 20 heavy (non-hydrogen) atoms. The second-order valence-electron chi connectivity index (χ2n) is 3.78. The van der Waals surface area contributed by atoms with Crippen LogP contribution in [0.1, 0.15) is 12.0 Å². The molecule has 0 saturated heterocycles. The summed E-state index contributed by atoms with van der Waals surface area (Å²) in [7, 11) is -4.21. The highest BCUT2D eigenvalue weighted by atomic mass is 35.5. The summed E-state index contributed by atoms with van der Waals surface area (Å²) in [5.41, 5.74) is 0.0730. The Bertz CT molecular complexity index is 653. The molecule has 0 aliphatic carbocycles. The number of rotatable bonds is 6. The van der Waals surface area contributed by atoms with Gasteiger partial charge in [0.2, 0.25) is 10.0 Å². The van der Waals surface area contributed by atoms with Crippen LogP contribution in [-0.2, 0) is 14.8 Å². The van der Waals surface area contributed by atoms with E-state index in [0.717, 1.165) is 6.07 Å². The number of nitriles is 1. The lowest BCUT2D eigenvalue weighted by molar-refractivity contribution is -0.139. The van der Waals surface area contributed by atoms with Crippen molar-refractivity contribution in [2.45, 2.75) is 17.4 Å². The van der Waals surface area contributed by atoms with Crippen LogP contribution in [0.15, 0.2) is 23.1 Å². The monoisotopic (exact) mass is 318 g/mol. The van der Waals surface area contributed by atoms with Crippen molar-refractivity contribution in [3.05, 3.63) is 28.8 Å². The zero-order valence-electron chi connectivity index (χ0n) is 10.1. The van der Waals surface area contributed by atoms with E-state index >= 15 is 0 Å². The Morgan fingerprint density at radius 2 is 2.15 bits per heavy atom. The standard InChI is InChI=1S/C11H11ClN2O5S/c12-8-2-1-7(6-13)5-10(8)20(18,19)14-9(3-4-15)11(16)17/h1-2,5,9,14-15H,3-4H2,(H,16,17)/t9-/m0/s1. The van der Waals surface area contributed by atoms with E-state index in [2.05, 4.69) is 0 Å². The van der Waals surface area contributed by atoms with Crippen LogP contribution in [0.2, 0.25) is 5.02 Å². The predicted octanol–water partition coefficient (Wildman–Crippen LogP) is 0.326. The fourth-order valence-corrected chi connectivity index (χ4v) is 3.14. The largest absolute Gasteiger partial charge is 0.480 e. The molecule has 9 heteroatoms. The topological polar surface area (TPSA) is 127 Å². The zero-order chi connectivity index (χ0) is 15.3. The van der Waals surface area contributed by atoms with Gasteiger partial charge in [-0.25, -0.2) is 8.42 Å². The average molecular weight is 319 g/mol. The van der Waals surface area contributed by atoms with Crippen molar-refractivity contribution in [2.75, 3.05) is 6.61 Å². The number of nitrogens with zero attached hydrogens (tertiary/aromatic N) is 1. The first-order valence-corrected chi connectivity index (χ1v) is 7.23. The molecule has 1 aromatic rings. The lowest BCUT2D eigenvalue weighted by Crippen LogP contribution is -2.41. The maximum absolute atomic E-state index is 12.1. The molecule has 0 heterocycles. The number of benzene rings is 1. The highest BCUT2D eigenvalue weighted by Crippen LogP contribution is 2.22. The normalized spacial score (nSPS) is 12.7. The minimum atomic E-state index is -4.21. The van der Waals surface area contributed by atoms with Gasteiger partial charge in [0.25, 0.3) is 0 Å². The summed E-state index contributed by atoms with van der Waals surface area (Å²) in [5.74, 6) is -1.42. The van der Waals surface area contributed by atoms with Gasteiger partial charge in [0.15, 0.2) is 0 Å². The van der Waals surface area contributed by atoms with E-state index in [4.69, 9.17) is 27.1 Å². The molecular formula is C11H11ClN2O5S. The van der Waals surface area contributed by atoms with Gasteiger partial charge in [0.05, 0.1) is 16.7 Å². The van der Waals surface area contributed by atoms with E-state index in [0.29, 0.717) is 0 Å². The molecule has 0 amide bonds. The van der Waals surface area contributed by atoms with Crippen molar-refractivity contribution in [1.82, 2.24) is 4.72 Å². The first-order chi connectivity index (χ1) is 9.31. The van der Waals surface area contributed by atoms with Gasteiger partial charge in [-0.1, -0.05) is 11.6 Å². The molecule has 1 atom stereocenters. The van der Waals surface area contributed by atoms with Gasteiger partial charge in [-0.05, 0) is 24.6 Å². The SMILES string of the molecule is N#Cc1ccc(Cl)c(S(=O)(=O)N[C@@H](CCO)C(=O)O)c1. The van der Waals surface area contributed by atoms with Gasteiger partial charge in [0, 0.05) is 6.61 Å². The molecule has 0 aromatic heterocycles. The fourth-order valence-electron chi connectivity index (χ4n) is 1.39. The third-order valence-corrected chi connectivity index (χ3v) is 4.32. The van der Waals surface area contributed by atoms with Crippen LogP contribution in [0, 0.1) is 11.3 Å². The highest BCUT2D eigenvalue weighted by molar-refractivity contribution is 7.89. The number of hydrogen-bond donors (Lipinski definition) is 3. The molecular weight excluding hydrogens is 308 g/mol. The number of sulfonamides is 1. The van der Waals surface area contributed by atoms with Crippen molar-refractivity contribution >= 4 is 27.6 Å². The Hall–Kier alpha value is -1.66. The van der Waals surface area contributed by atoms with Gasteiger partial charge in [-0.15, -0.1) is 0 Å². The summed E-state index contributed by atoms with van der Waals surface area (Å²) in [4.78, 5) is 10.5. The van der Waals surface area contributed by atoms with Crippen LogP contribution in [-0.4, -0.2) is 37.2 Å². The maximum atomic E-state index is 12.1. The number of hydrogen-bond acceptors (Lipinski definition) is 5. The molecule has 1 rings (SSSR count). The molecule has 3 N–H and O–H groups in total. The predicted molar refractivity (Wildman–Crippen MR) is 69.6 cm³/mol. The Morgan fingerprint density at radius 1 is 1.50 bits per heavy atom. The molecule has 0 bridgehead atoms. The molecule has 0 aliphatic rings. The van der Waals surface area contributed by atoms with E-state index < -0.39 is 28.6 Å². The first kappa shape index (κ1) is 16.4. The summed E-state index contributed by atoms with van der Waals surface area (Å²) in [6.45, 7) is -0.495. The van der Waals surface area contributed by atoms with Crippen LogP contribution in [0.4, 0.5) is 0 Å². The number of aliphatic hydroxyl groups excluding tert-OH is 1. The summed E-state index contributed by atoms with van der Waals surface area (Å²) in [5, 5.41) is 26.2. The Morgan fingerprint density at radius 3 is 2.65 bits per heavy atom. The summed E-state index contributed by atoms with van der Waals surface area (Å²) in [6.07, 6.45) is -0.288. The molecule has 0 unspecified atom stereocenters. The van der Waals surface area contributed by atoms with Crippen LogP contribution in [0.5, 0.6) is 0 Å². The van der Waals surface area contributed by atoms with Gasteiger partial charge in [0.1, 0.15) is 10.9 Å². The average Bonchev–Trinajstić information content (AvgIpc) is 2.38. The number of aliphatic carboxylic acids is 1. The van der Waals surface area contributed by atoms with Crippen LogP contribution < -0.4 is 4.72 Å². The van der Waals surface area contributed by atoms with E-state index in [1.54, 1.807) is 6.07 Å². The number of carboxylic acids is 1. The number of nitrogens with one attached hydrogen (secondary N) is 1. The molecule has 0 radical (unpaired) electrons. The summed E-state index contributed by atoms with van der Waals surface area (Å²) < 4.78 is 26.0. The van der Waals surface area contributed by atoms with Crippen molar-refractivity contribution in [3.8, 4) is 6.07 Å². The van der Waals surface area contributed by atoms with Crippen LogP contribution in [0.25, 0.3) is 0 Å². The van der Waals surface area contributed by atoms with Crippen LogP contribution in [0.3, 0.4) is 0 Å². The zero-order valence-corrected chi connectivity index (χ0v) is 11.6. The smallest absolute Gasteiger partial charge is 0.321 e. The molecule has 1 aromatic carbocycles. The van der Waals surface area contributed by atoms with Crippen molar-refractivity contribution in [3.63, 3.8) is 0 Å². The highest BCUT2D eigenvalue weighted by Gasteiger charge is 2.26. The van der Waals surface area contributed by atoms with Gasteiger partial charge in [-0.3, -0.25) is 4.79 Å². The molecule has 7 nitrogen and oxygen atoms in total. The molecule has 0 saturated carbocycles. The quantitative estimate of drug-likeness (QED) is 0.693. The van der Waals surface area contributed by atoms with E-state index in [1.165, 1.54) is 12.1 Å². The van der Waals surface area contributed by atoms with Crippen molar-refractivity contribution in [1.29, 1.82) is 5.26 Å². The number of carbonyl (C=O) groups is 1. The Kier molecular flexibility index (Phi) is 5.47. The first-order valence-electron chi connectivity index (χ1n) is 5.37. The number of carboxylic acid groups (broad SMARTS) is 1.